The topological polar surface area (TPSA) is 81.9 Å². The van der Waals surface area contributed by atoms with Gasteiger partial charge in [-0.2, -0.15) is 0 Å². The molecule has 0 spiro atoms. The highest BCUT2D eigenvalue weighted by Crippen LogP contribution is 2.26. The Bertz CT molecular complexity index is 1290. The number of aromatic nitrogens is 4. The average Bonchev–Trinajstić information content (AvgIpc) is 3.44. The molecule has 0 unspecified atom stereocenters. The number of rotatable bonds is 9. The molecule has 34 heavy (non-hydrogen) atoms. The summed E-state index contributed by atoms with van der Waals surface area (Å²) in [5.74, 6) is 1.50. The van der Waals surface area contributed by atoms with Crippen LogP contribution < -0.4 is 10.1 Å². The molecule has 0 aliphatic rings. The molecule has 0 aliphatic carbocycles. The van der Waals surface area contributed by atoms with Gasteiger partial charge in [0.1, 0.15) is 12.4 Å². The Hall–Kier alpha value is -2.88. The number of ether oxygens (including phenoxy) is 1. The quantitative estimate of drug-likeness (QED) is 0.276. The minimum atomic E-state index is -0.143. The van der Waals surface area contributed by atoms with Crippen LogP contribution in [0.3, 0.4) is 0 Å². The Balaban J connectivity index is 1.33. The number of carbonyl (C=O) groups excluding carboxylic acids is 1. The highest BCUT2D eigenvalue weighted by atomic mass is 35.5. The van der Waals surface area contributed by atoms with Crippen molar-refractivity contribution in [2.75, 3.05) is 11.1 Å². The van der Waals surface area contributed by atoms with E-state index in [-0.39, 0.29) is 18.3 Å². The molecule has 0 saturated carbocycles. The van der Waals surface area contributed by atoms with Crippen molar-refractivity contribution in [3.8, 4) is 17.0 Å². The van der Waals surface area contributed by atoms with Crippen LogP contribution in [-0.4, -0.2) is 31.4 Å². The minimum absolute atomic E-state index is 0.143. The lowest BCUT2D eigenvalue weighted by atomic mass is 10.1. The highest BCUT2D eigenvalue weighted by molar-refractivity contribution is 7.99. The fourth-order valence-electron chi connectivity index (χ4n) is 3.24. The van der Waals surface area contributed by atoms with Crippen molar-refractivity contribution in [3.63, 3.8) is 0 Å². The third-order valence-electron chi connectivity index (χ3n) is 5.03. The van der Waals surface area contributed by atoms with Gasteiger partial charge in [-0.3, -0.25) is 4.79 Å². The van der Waals surface area contributed by atoms with Crippen molar-refractivity contribution in [2.24, 2.45) is 0 Å². The molecule has 0 atom stereocenters. The van der Waals surface area contributed by atoms with Gasteiger partial charge >= 0.3 is 0 Å². The monoisotopic (exact) mass is 513 g/mol. The number of hydrogen-bond donors (Lipinski definition) is 1. The molecule has 4 rings (SSSR count). The van der Waals surface area contributed by atoms with Gasteiger partial charge in [-0.1, -0.05) is 53.2 Å². The van der Waals surface area contributed by atoms with Gasteiger partial charge in [-0.15, -0.1) is 21.5 Å². The predicted molar refractivity (Wildman–Crippen MR) is 138 cm³/mol. The van der Waals surface area contributed by atoms with Crippen LogP contribution >= 0.6 is 34.7 Å². The van der Waals surface area contributed by atoms with Crippen LogP contribution in [-0.2, 0) is 17.9 Å². The molecule has 176 valence electrons. The summed E-state index contributed by atoms with van der Waals surface area (Å²) in [5.41, 5.74) is 4.02. The third-order valence-corrected chi connectivity index (χ3v) is 6.99. The Labute approximate surface area is 211 Å². The van der Waals surface area contributed by atoms with Crippen LogP contribution in [0.15, 0.2) is 53.0 Å². The largest absolute Gasteiger partial charge is 0.485 e. The van der Waals surface area contributed by atoms with Crippen LogP contribution in [0.1, 0.15) is 23.9 Å². The number of thioether (sulfide) groups is 1. The van der Waals surface area contributed by atoms with Gasteiger partial charge in [0.15, 0.2) is 16.1 Å². The molecule has 1 amide bonds. The molecule has 1 N–H and O–H groups in total. The smallest absolute Gasteiger partial charge is 0.236 e. The molecule has 2 aromatic carbocycles. The Morgan fingerprint density at radius 1 is 1.18 bits per heavy atom. The van der Waals surface area contributed by atoms with Gasteiger partial charge in [0.2, 0.25) is 5.91 Å². The fraction of sp³-hybridized carbons (Fsp3) is 0.250. The first-order chi connectivity index (χ1) is 16.4. The number of amides is 1. The molecule has 0 bridgehead atoms. The van der Waals surface area contributed by atoms with Crippen molar-refractivity contribution in [2.45, 2.75) is 39.1 Å². The maximum Gasteiger partial charge on any atom is 0.236 e. The lowest BCUT2D eigenvalue weighted by Crippen LogP contribution is -2.14. The standard InChI is InChI=1S/C24H24ClN5O2S2/c1-4-30-21(12-32-20-10-9-18(25)11-16(20)3)28-29-24(30)34-14-22(31)27-23-26-19(13-33-23)17-7-5-15(2)6-8-17/h5-11,13H,4,12,14H2,1-3H3,(H,26,27,31). The molecular weight excluding hydrogens is 490 g/mol. The van der Waals surface area contributed by atoms with Crippen LogP contribution in [0.4, 0.5) is 5.13 Å². The average molecular weight is 514 g/mol. The molecule has 2 aromatic heterocycles. The summed E-state index contributed by atoms with van der Waals surface area (Å²) in [4.78, 5) is 17.0. The molecule has 0 radical (unpaired) electrons. The maximum absolute atomic E-state index is 12.5. The lowest BCUT2D eigenvalue weighted by Gasteiger charge is -2.10. The fourth-order valence-corrected chi connectivity index (χ4v) is 5.02. The van der Waals surface area contributed by atoms with E-state index >= 15 is 0 Å². The second-order valence-corrected chi connectivity index (χ2v) is 9.82. The van der Waals surface area contributed by atoms with Crippen molar-refractivity contribution in [3.05, 3.63) is 69.8 Å². The SMILES string of the molecule is CCn1c(COc2ccc(Cl)cc2C)nnc1SCC(=O)Nc1nc(-c2ccc(C)cc2)cs1. The Morgan fingerprint density at radius 2 is 1.97 bits per heavy atom. The van der Waals surface area contributed by atoms with E-state index in [4.69, 9.17) is 16.3 Å². The molecule has 2 heterocycles. The van der Waals surface area contributed by atoms with Crippen molar-refractivity contribution in [1.82, 2.24) is 19.7 Å². The van der Waals surface area contributed by atoms with E-state index in [0.717, 1.165) is 22.6 Å². The first-order valence-corrected chi connectivity index (χ1v) is 12.9. The molecule has 0 fully saturated rings. The molecule has 0 aliphatic heterocycles. The van der Waals surface area contributed by atoms with Gasteiger partial charge in [-0.25, -0.2) is 4.98 Å². The summed E-state index contributed by atoms with van der Waals surface area (Å²) in [7, 11) is 0. The molecule has 10 heteroatoms. The second-order valence-electron chi connectivity index (χ2n) is 7.58. The van der Waals surface area contributed by atoms with Gasteiger partial charge < -0.3 is 14.6 Å². The van der Waals surface area contributed by atoms with Gasteiger partial charge in [0, 0.05) is 22.5 Å². The summed E-state index contributed by atoms with van der Waals surface area (Å²) in [5, 5.41) is 15.2. The number of carbonyl (C=O) groups is 1. The number of thiazole rings is 1. The highest BCUT2D eigenvalue weighted by Gasteiger charge is 2.15. The summed E-state index contributed by atoms with van der Waals surface area (Å²) < 4.78 is 7.85. The van der Waals surface area contributed by atoms with Crippen molar-refractivity contribution >= 4 is 45.7 Å². The zero-order valence-electron chi connectivity index (χ0n) is 19.0. The Kier molecular flexibility index (Phi) is 7.87. The zero-order valence-corrected chi connectivity index (χ0v) is 21.4. The summed E-state index contributed by atoms with van der Waals surface area (Å²) in [6.45, 7) is 6.94. The number of aryl methyl sites for hydroxylation is 2. The van der Waals surface area contributed by atoms with Crippen molar-refractivity contribution < 1.29 is 9.53 Å². The van der Waals surface area contributed by atoms with Crippen molar-refractivity contribution in [1.29, 1.82) is 0 Å². The number of halogens is 1. The van der Waals surface area contributed by atoms with Crippen LogP contribution in [0, 0.1) is 13.8 Å². The Morgan fingerprint density at radius 3 is 2.71 bits per heavy atom. The third kappa shape index (κ3) is 5.97. The molecule has 0 saturated heterocycles. The first kappa shape index (κ1) is 24.3. The number of hydrogen-bond acceptors (Lipinski definition) is 7. The van der Waals surface area contributed by atoms with E-state index in [2.05, 4.69) is 20.5 Å². The van der Waals surface area contributed by atoms with Crippen LogP contribution in [0.25, 0.3) is 11.3 Å². The summed E-state index contributed by atoms with van der Waals surface area (Å²) in [6, 6.07) is 13.6. The number of nitrogens with one attached hydrogen (secondary N) is 1. The minimum Gasteiger partial charge on any atom is -0.485 e. The molecular formula is C24H24ClN5O2S2. The van der Waals surface area contributed by atoms with Crippen LogP contribution in [0.5, 0.6) is 5.75 Å². The molecule has 7 nitrogen and oxygen atoms in total. The summed E-state index contributed by atoms with van der Waals surface area (Å²) in [6.07, 6.45) is 0. The number of benzene rings is 2. The van der Waals surface area contributed by atoms with E-state index in [1.165, 1.54) is 28.7 Å². The van der Waals surface area contributed by atoms with E-state index < -0.39 is 0 Å². The predicted octanol–water partition coefficient (Wildman–Crippen LogP) is 6.00. The first-order valence-electron chi connectivity index (χ1n) is 10.7. The van der Waals surface area contributed by atoms with Gasteiger partial charge in [0.05, 0.1) is 11.4 Å². The summed E-state index contributed by atoms with van der Waals surface area (Å²) >= 11 is 8.75. The normalized spacial score (nSPS) is 10.9. The number of nitrogens with zero attached hydrogens (tertiary/aromatic N) is 4. The van der Waals surface area contributed by atoms with Gasteiger partial charge in [-0.05, 0) is 44.5 Å². The number of anilines is 1. The molecule has 4 aromatic rings. The van der Waals surface area contributed by atoms with E-state index in [0.29, 0.717) is 27.7 Å². The maximum atomic E-state index is 12.5. The van der Waals surface area contributed by atoms with Gasteiger partial charge in [0.25, 0.3) is 0 Å². The zero-order chi connectivity index (χ0) is 24.1. The van der Waals surface area contributed by atoms with E-state index in [1.807, 2.05) is 67.1 Å². The van der Waals surface area contributed by atoms with Crippen LogP contribution in [0.2, 0.25) is 5.02 Å². The van der Waals surface area contributed by atoms with E-state index in [1.54, 1.807) is 6.07 Å². The van der Waals surface area contributed by atoms with E-state index in [9.17, 15) is 4.79 Å². The lowest BCUT2D eigenvalue weighted by molar-refractivity contribution is -0.113. The second kappa shape index (κ2) is 11.0.